The van der Waals surface area contributed by atoms with Crippen molar-refractivity contribution in [1.29, 1.82) is 0 Å². The predicted molar refractivity (Wildman–Crippen MR) is 165 cm³/mol. The number of aromatic nitrogens is 2. The van der Waals surface area contributed by atoms with Gasteiger partial charge < -0.3 is 20.3 Å². The van der Waals surface area contributed by atoms with Crippen LogP contribution in [0.4, 0.5) is 30.5 Å². The van der Waals surface area contributed by atoms with E-state index in [0.717, 1.165) is 29.2 Å². The number of methoxy groups -OCH3 is 1. The fourth-order valence-electron chi connectivity index (χ4n) is 4.54. The summed E-state index contributed by atoms with van der Waals surface area (Å²) in [6.07, 6.45) is -2.97. The minimum Gasteiger partial charge on any atom is -0.495 e. The number of anilines is 3. The SMILES string of the molecule is CCN(CC)CCNC(=O)c1ccc(Nc2ncc(C(F)(F)F)c(CCc3ccc(C)cc3N(C)S(C)(=O)=O)n2)c(OC)c1. The van der Waals surface area contributed by atoms with Gasteiger partial charge in [-0.2, -0.15) is 13.2 Å². The Hall–Kier alpha value is -3.91. The highest BCUT2D eigenvalue weighted by Crippen LogP contribution is 2.34. The zero-order chi connectivity index (χ0) is 32.7. The molecule has 3 aromatic rings. The van der Waals surface area contributed by atoms with Crippen molar-refractivity contribution in [3.63, 3.8) is 0 Å². The van der Waals surface area contributed by atoms with Crippen LogP contribution in [-0.2, 0) is 29.0 Å². The summed E-state index contributed by atoms with van der Waals surface area (Å²) >= 11 is 0. The van der Waals surface area contributed by atoms with Crippen molar-refractivity contribution in [2.75, 3.05) is 56.2 Å². The molecule has 14 heteroatoms. The number of hydrogen-bond donors (Lipinski definition) is 2. The summed E-state index contributed by atoms with van der Waals surface area (Å²) in [6, 6.07) is 9.81. The largest absolute Gasteiger partial charge is 0.495 e. The Morgan fingerprint density at radius 2 is 1.77 bits per heavy atom. The van der Waals surface area contributed by atoms with Gasteiger partial charge in [-0.1, -0.05) is 26.0 Å². The quantitative estimate of drug-likeness (QED) is 0.259. The number of alkyl halides is 3. The van der Waals surface area contributed by atoms with Crippen molar-refractivity contribution in [1.82, 2.24) is 20.2 Å². The van der Waals surface area contributed by atoms with E-state index in [-0.39, 0.29) is 36.1 Å². The highest BCUT2D eigenvalue weighted by atomic mass is 32.2. The molecule has 10 nitrogen and oxygen atoms in total. The second kappa shape index (κ2) is 14.7. The summed E-state index contributed by atoms with van der Waals surface area (Å²) in [5.41, 5.74) is 1.21. The lowest BCUT2D eigenvalue weighted by Gasteiger charge is -2.21. The number of rotatable bonds is 14. The van der Waals surface area contributed by atoms with Crippen LogP contribution in [-0.4, -0.2) is 75.8 Å². The summed E-state index contributed by atoms with van der Waals surface area (Å²) in [5, 5.41) is 5.77. The first kappa shape index (κ1) is 34.6. The number of nitrogens with zero attached hydrogens (tertiary/aromatic N) is 4. The van der Waals surface area contributed by atoms with Crippen LogP contribution in [0.25, 0.3) is 0 Å². The van der Waals surface area contributed by atoms with E-state index in [1.54, 1.807) is 37.3 Å². The van der Waals surface area contributed by atoms with E-state index < -0.39 is 21.8 Å². The number of aryl methyl sites for hydroxylation is 3. The number of ether oxygens (including phenoxy) is 1. The van der Waals surface area contributed by atoms with E-state index in [1.807, 2.05) is 13.8 Å². The zero-order valence-corrected chi connectivity index (χ0v) is 26.6. The summed E-state index contributed by atoms with van der Waals surface area (Å²) in [4.78, 5) is 22.9. The van der Waals surface area contributed by atoms with Crippen LogP contribution in [0.3, 0.4) is 0 Å². The van der Waals surface area contributed by atoms with Crippen molar-refractivity contribution in [2.24, 2.45) is 0 Å². The van der Waals surface area contributed by atoms with Crippen molar-refractivity contribution in [3.05, 3.63) is 70.5 Å². The number of carbonyl (C=O) groups is 1. The number of nitrogens with one attached hydrogen (secondary N) is 2. The maximum absolute atomic E-state index is 13.9. The topological polar surface area (TPSA) is 117 Å². The van der Waals surface area contributed by atoms with Gasteiger partial charge in [0.25, 0.3) is 5.91 Å². The Labute approximate surface area is 256 Å². The number of benzene rings is 2. The van der Waals surface area contributed by atoms with Gasteiger partial charge in [-0.05, 0) is 68.2 Å². The summed E-state index contributed by atoms with van der Waals surface area (Å²) in [7, 11) is -0.788. The highest BCUT2D eigenvalue weighted by molar-refractivity contribution is 7.92. The van der Waals surface area contributed by atoms with E-state index in [9.17, 15) is 26.4 Å². The molecule has 0 saturated heterocycles. The summed E-state index contributed by atoms with van der Waals surface area (Å²) < 4.78 is 72.7. The third kappa shape index (κ3) is 9.05. The normalized spacial score (nSPS) is 11.9. The van der Waals surface area contributed by atoms with Crippen molar-refractivity contribution in [3.8, 4) is 5.75 Å². The molecule has 0 unspecified atom stereocenters. The molecule has 1 amide bonds. The molecule has 1 aromatic heterocycles. The van der Waals surface area contributed by atoms with Gasteiger partial charge in [-0.25, -0.2) is 18.4 Å². The smallest absolute Gasteiger partial charge is 0.419 e. The fourth-order valence-corrected chi connectivity index (χ4v) is 5.07. The Kier molecular flexibility index (Phi) is 11.6. The Morgan fingerprint density at radius 3 is 2.39 bits per heavy atom. The van der Waals surface area contributed by atoms with Gasteiger partial charge >= 0.3 is 6.18 Å². The first-order valence-corrected chi connectivity index (χ1v) is 15.9. The van der Waals surface area contributed by atoms with Gasteiger partial charge in [0.05, 0.1) is 36.0 Å². The standard InChI is InChI=1S/C30H39F3N6O4S/c1-7-39(8-2)16-15-34-28(40)22-12-14-25(27(18-22)43-5)37-29-35-19-23(30(31,32)33)24(36-29)13-11-21-10-9-20(3)17-26(21)38(4)44(6,41)42/h9-10,12,14,17-19H,7-8,11,13,15-16H2,1-6H3,(H,34,40)(H,35,36,37). The molecule has 0 aliphatic carbocycles. The molecule has 0 spiro atoms. The number of sulfonamides is 1. The third-order valence-electron chi connectivity index (χ3n) is 7.20. The predicted octanol–water partition coefficient (Wildman–Crippen LogP) is 4.81. The van der Waals surface area contributed by atoms with Crippen molar-refractivity contribution < 1.29 is 31.1 Å². The van der Waals surface area contributed by atoms with Gasteiger partial charge in [-0.3, -0.25) is 9.10 Å². The van der Waals surface area contributed by atoms with Crippen LogP contribution < -0.4 is 19.7 Å². The van der Waals surface area contributed by atoms with E-state index in [1.165, 1.54) is 20.2 Å². The Bertz CT molecular complexity index is 1560. The molecule has 0 atom stereocenters. The lowest BCUT2D eigenvalue weighted by atomic mass is 10.0. The summed E-state index contributed by atoms with van der Waals surface area (Å²) in [5.74, 6) is -0.105. The third-order valence-corrected chi connectivity index (χ3v) is 8.39. The average molecular weight is 637 g/mol. The minimum absolute atomic E-state index is 0.0937. The molecule has 0 saturated carbocycles. The van der Waals surface area contributed by atoms with E-state index in [4.69, 9.17) is 4.74 Å². The monoisotopic (exact) mass is 636 g/mol. The lowest BCUT2D eigenvalue weighted by molar-refractivity contribution is -0.138. The second-order valence-electron chi connectivity index (χ2n) is 10.2. The molecule has 1 heterocycles. The van der Waals surface area contributed by atoms with Gasteiger partial charge in [0, 0.05) is 31.9 Å². The molecular weight excluding hydrogens is 597 g/mol. The lowest BCUT2D eigenvalue weighted by Crippen LogP contribution is -2.34. The van der Waals surface area contributed by atoms with E-state index in [2.05, 4.69) is 25.5 Å². The number of hydrogen-bond acceptors (Lipinski definition) is 8. The second-order valence-corrected chi connectivity index (χ2v) is 12.3. The summed E-state index contributed by atoms with van der Waals surface area (Å²) in [6.45, 7) is 8.83. The van der Waals surface area contributed by atoms with Crippen LogP contribution in [0.2, 0.25) is 0 Å². The molecule has 240 valence electrons. The van der Waals surface area contributed by atoms with E-state index >= 15 is 0 Å². The number of halogens is 3. The Balaban J connectivity index is 1.85. The van der Waals surface area contributed by atoms with Crippen LogP contribution in [0.1, 0.15) is 46.6 Å². The minimum atomic E-state index is -4.70. The van der Waals surface area contributed by atoms with Gasteiger partial charge in [-0.15, -0.1) is 0 Å². The maximum atomic E-state index is 13.9. The van der Waals surface area contributed by atoms with Crippen molar-refractivity contribution in [2.45, 2.75) is 39.8 Å². The first-order valence-electron chi connectivity index (χ1n) is 14.1. The molecule has 0 aliphatic rings. The molecule has 0 bridgehead atoms. The number of likely N-dealkylation sites (N-methyl/N-ethyl adjacent to an activating group) is 1. The van der Waals surface area contributed by atoms with Crippen LogP contribution >= 0.6 is 0 Å². The average Bonchev–Trinajstić information content (AvgIpc) is 2.97. The first-order chi connectivity index (χ1) is 20.7. The molecular formula is C30H39F3N6O4S. The molecule has 44 heavy (non-hydrogen) atoms. The van der Waals surface area contributed by atoms with E-state index in [0.29, 0.717) is 41.8 Å². The molecule has 0 fully saturated rings. The molecule has 0 aliphatic heterocycles. The maximum Gasteiger partial charge on any atom is 0.419 e. The number of amides is 1. The number of carbonyl (C=O) groups excluding carboxylic acids is 1. The Morgan fingerprint density at radius 1 is 1.07 bits per heavy atom. The fraction of sp³-hybridized carbons (Fsp3) is 0.433. The van der Waals surface area contributed by atoms with Gasteiger partial charge in [0.15, 0.2) is 0 Å². The molecule has 3 rings (SSSR count). The van der Waals surface area contributed by atoms with Crippen LogP contribution in [0.5, 0.6) is 5.75 Å². The molecule has 0 radical (unpaired) electrons. The van der Waals surface area contributed by atoms with Crippen LogP contribution in [0, 0.1) is 6.92 Å². The highest BCUT2D eigenvalue weighted by Gasteiger charge is 2.35. The van der Waals surface area contributed by atoms with Gasteiger partial charge in [0.1, 0.15) is 5.75 Å². The van der Waals surface area contributed by atoms with Gasteiger partial charge in [0.2, 0.25) is 16.0 Å². The molecule has 2 N–H and O–H groups in total. The van der Waals surface area contributed by atoms with Crippen LogP contribution in [0.15, 0.2) is 42.6 Å². The zero-order valence-electron chi connectivity index (χ0n) is 25.7. The molecule has 2 aromatic carbocycles. The van der Waals surface area contributed by atoms with Crippen molar-refractivity contribution >= 4 is 33.3 Å².